The molecule has 0 fully saturated rings. The van der Waals surface area contributed by atoms with Crippen molar-refractivity contribution in [3.05, 3.63) is 51.0 Å². The number of methoxy groups -OCH3 is 1. The molecule has 1 heterocycles. The summed E-state index contributed by atoms with van der Waals surface area (Å²) >= 11 is 1.82. The minimum atomic E-state index is -0.140. The fourth-order valence-corrected chi connectivity index (χ4v) is 4.24. The van der Waals surface area contributed by atoms with Gasteiger partial charge in [0.2, 0.25) is 0 Å². The molecule has 0 saturated heterocycles. The molecule has 3 nitrogen and oxygen atoms in total. The highest BCUT2D eigenvalue weighted by Crippen LogP contribution is 2.43. The van der Waals surface area contributed by atoms with E-state index in [4.69, 9.17) is 9.72 Å². The lowest BCUT2D eigenvalue weighted by atomic mass is 9.92. The van der Waals surface area contributed by atoms with Crippen molar-refractivity contribution in [2.75, 3.05) is 20.3 Å². The van der Waals surface area contributed by atoms with Crippen molar-refractivity contribution in [2.24, 2.45) is 0 Å². The van der Waals surface area contributed by atoms with Crippen LogP contribution in [0.3, 0.4) is 0 Å². The Bertz CT molecular complexity index is 618. The van der Waals surface area contributed by atoms with E-state index < -0.39 is 0 Å². The topological polar surface area (TPSA) is 34.1 Å². The number of nitrogens with zero attached hydrogens (tertiary/aromatic N) is 1. The highest BCUT2D eigenvalue weighted by atomic mass is 32.1. The number of aromatic nitrogens is 1. The normalized spacial score (nSPS) is 20.7. The first-order chi connectivity index (χ1) is 10.2. The number of benzene rings is 1. The van der Waals surface area contributed by atoms with Crippen LogP contribution in [0.4, 0.5) is 0 Å². The Labute approximate surface area is 130 Å². The Morgan fingerprint density at radius 1 is 1.33 bits per heavy atom. The lowest BCUT2D eigenvalue weighted by molar-refractivity contribution is 0.189. The fraction of sp³-hybridized carbons (Fsp3) is 0.471. The van der Waals surface area contributed by atoms with Gasteiger partial charge in [0.25, 0.3) is 0 Å². The van der Waals surface area contributed by atoms with Crippen molar-refractivity contribution in [1.82, 2.24) is 10.3 Å². The van der Waals surface area contributed by atoms with Gasteiger partial charge in [-0.3, -0.25) is 5.32 Å². The number of hydrogen-bond donors (Lipinski definition) is 1. The van der Waals surface area contributed by atoms with Crippen LogP contribution in [0.5, 0.6) is 0 Å². The second-order valence-corrected chi connectivity index (χ2v) is 6.85. The Morgan fingerprint density at radius 3 is 2.86 bits per heavy atom. The van der Waals surface area contributed by atoms with Gasteiger partial charge >= 0.3 is 0 Å². The molecule has 1 atom stereocenters. The molecule has 21 heavy (non-hydrogen) atoms. The van der Waals surface area contributed by atoms with Gasteiger partial charge in [-0.25, -0.2) is 4.98 Å². The fourth-order valence-electron chi connectivity index (χ4n) is 3.11. The van der Waals surface area contributed by atoms with Gasteiger partial charge in [0, 0.05) is 18.5 Å². The van der Waals surface area contributed by atoms with Gasteiger partial charge in [0.05, 0.1) is 17.8 Å². The number of thiazole rings is 1. The number of ether oxygens (including phenoxy) is 1. The molecule has 112 valence electrons. The van der Waals surface area contributed by atoms with Gasteiger partial charge in [0.15, 0.2) is 0 Å². The molecule has 0 bridgehead atoms. The predicted octanol–water partition coefficient (Wildman–Crippen LogP) is 3.19. The van der Waals surface area contributed by atoms with Gasteiger partial charge in [-0.2, -0.15) is 0 Å². The van der Waals surface area contributed by atoms with Crippen molar-refractivity contribution in [1.29, 1.82) is 0 Å². The summed E-state index contributed by atoms with van der Waals surface area (Å²) in [6.45, 7) is 5.80. The summed E-state index contributed by atoms with van der Waals surface area (Å²) in [6.07, 6.45) is 2.18. The second-order valence-electron chi connectivity index (χ2n) is 5.64. The molecule has 1 aliphatic rings. The summed E-state index contributed by atoms with van der Waals surface area (Å²) in [6, 6.07) is 8.74. The first kappa shape index (κ1) is 14.7. The average molecular weight is 302 g/mol. The molecule has 0 saturated carbocycles. The summed E-state index contributed by atoms with van der Waals surface area (Å²) in [7, 11) is 1.74. The van der Waals surface area contributed by atoms with Crippen molar-refractivity contribution in [3.63, 3.8) is 0 Å². The van der Waals surface area contributed by atoms with Gasteiger partial charge in [-0.1, -0.05) is 24.3 Å². The van der Waals surface area contributed by atoms with E-state index >= 15 is 0 Å². The minimum absolute atomic E-state index is 0.140. The molecular formula is C17H22N2OS. The Morgan fingerprint density at radius 2 is 2.14 bits per heavy atom. The molecule has 1 unspecified atom stereocenters. The summed E-state index contributed by atoms with van der Waals surface area (Å²) in [5.41, 5.74) is 3.83. The Kier molecular flexibility index (Phi) is 4.11. The molecule has 0 aliphatic heterocycles. The van der Waals surface area contributed by atoms with Crippen LogP contribution in [-0.2, 0) is 16.7 Å². The van der Waals surface area contributed by atoms with E-state index in [1.807, 2.05) is 11.3 Å². The van der Waals surface area contributed by atoms with Gasteiger partial charge in [0.1, 0.15) is 5.01 Å². The van der Waals surface area contributed by atoms with E-state index in [0.717, 1.165) is 25.1 Å². The van der Waals surface area contributed by atoms with Crippen LogP contribution in [0, 0.1) is 13.8 Å². The summed E-state index contributed by atoms with van der Waals surface area (Å²) in [4.78, 5) is 6.16. The third-order valence-electron chi connectivity index (χ3n) is 4.37. The zero-order valence-electron chi connectivity index (χ0n) is 12.9. The smallest absolute Gasteiger partial charge is 0.118 e. The van der Waals surface area contributed by atoms with Crippen molar-refractivity contribution < 1.29 is 4.74 Å². The maximum Gasteiger partial charge on any atom is 0.118 e. The average Bonchev–Trinajstić information content (AvgIpc) is 3.02. The maximum atomic E-state index is 5.22. The molecule has 0 spiro atoms. The molecule has 0 amide bonds. The monoisotopic (exact) mass is 302 g/mol. The van der Waals surface area contributed by atoms with E-state index in [1.165, 1.54) is 21.0 Å². The van der Waals surface area contributed by atoms with E-state index in [1.54, 1.807) is 7.11 Å². The zero-order valence-corrected chi connectivity index (χ0v) is 13.7. The number of aryl methyl sites for hydroxylation is 3. The van der Waals surface area contributed by atoms with Crippen LogP contribution in [-0.4, -0.2) is 25.2 Å². The first-order valence-corrected chi connectivity index (χ1v) is 8.26. The molecular weight excluding hydrogens is 280 g/mol. The molecule has 1 aromatic heterocycles. The SMILES string of the molecule is COCCNC1(c2nc(C)c(C)s2)CCc2ccccc21. The second kappa shape index (κ2) is 5.87. The Balaban J connectivity index is 2.04. The number of fused-ring (bicyclic) bond motifs is 1. The lowest BCUT2D eigenvalue weighted by Gasteiger charge is -2.30. The van der Waals surface area contributed by atoms with Gasteiger partial charge in [-0.05, 0) is 37.8 Å². The zero-order chi connectivity index (χ0) is 14.9. The maximum absolute atomic E-state index is 5.22. The number of rotatable bonds is 5. The molecule has 3 rings (SSSR count). The summed E-state index contributed by atoms with van der Waals surface area (Å²) in [5, 5.41) is 4.93. The van der Waals surface area contributed by atoms with Gasteiger partial charge < -0.3 is 4.74 Å². The molecule has 1 aromatic carbocycles. The van der Waals surface area contributed by atoms with Crippen LogP contribution in [0.1, 0.15) is 33.1 Å². The molecule has 2 aromatic rings. The minimum Gasteiger partial charge on any atom is -0.383 e. The Hall–Kier alpha value is -1.23. The molecule has 1 N–H and O–H groups in total. The number of hydrogen-bond acceptors (Lipinski definition) is 4. The summed E-state index contributed by atoms with van der Waals surface area (Å²) in [5.74, 6) is 0. The van der Waals surface area contributed by atoms with Crippen LogP contribution in [0.2, 0.25) is 0 Å². The highest BCUT2D eigenvalue weighted by Gasteiger charge is 2.42. The standard InChI is InChI=1S/C17H22N2OS/c1-12-13(2)21-16(19-12)17(18-10-11-20-3)9-8-14-6-4-5-7-15(14)17/h4-7,18H,8-11H2,1-3H3. The van der Waals surface area contributed by atoms with Crippen LogP contribution >= 0.6 is 11.3 Å². The van der Waals surface area contributed by atoms with E-state index in [0.29, 0.717) is 6.61 Å². The van der Waals surface area contributed by atoms with Crippen molar-refractivity contribution >= 4 is 11.3 Å². The van der Waals surface area contributed by atoms with E-state index in [2.05, 4.69) is 43.4 Å². The third-order valence-corrected chi connectivity index (χ3v) is 5.61. The number of nitrogens with one attached hydrogen (secondary N) is 1. The summed E-state index contributed by atoms with van der Waals surface area (Å²) < 4.78 is 5.22. The largest absolute Gasteiger partial charge is 0.383 e. The quantitative estimate of drug-likeness (QED) is 0.861. The highest BCUT2D eigenvalue weighted by molar-refractivity contribution is 7.11. The van der Waals surface area contributed by atoms with Crippen molar-refractivity contribution in [2.45, 2.75) is 32.2 Å². The predicted molar refractivity (Wildman–Crippen MR) is 87.0 cm³/mol. The lowest BCUT2D eigenvalue weighted by Crippen LogP contribution is -2.43. The van der Waals surface area contributed by atoms with Crippen LogP contribution in [0.15, 0.2) is 24.3 Å². The third kappa shape index (κ3) is 2.52. The van der Waals surface area contributed by atoms with Crippen molar-refractivity contribution in [3.8, 4) is 0 Å². The van der Waals surface area contributed by atoms with Gasteiger partial charge in [-0.15, -0.1) is 11.3 Å². The van der Waals surface area contributed by atoms with E-state index in [9.17, 15) is 0 Å². The van der Waals surface area contributed by atoms with Crippen LogP contribution < -0.4 is 5.32 Å². The van der Waals surface area contributed by atoms with Crippen LogP contribution in [0.25, 0.3) is 0 Å². The van der Waals surface area contributed by atoms with E-state index in [-0.39, 0.29) is 5.54 Å². The first-order valence-electron chi connectivity index (χ1n) is 7.44. The molecule has 1 aliphatic carbocycles. The molecule has 0 radical (unpaired) electrons. The molecule has 4 heteroatoms.